The van der Waals surface area contributed by atoms with E-state index in [1.54, 1.807) is 32.4 Å². The number of carbonyl (C=O) groups is 1. The first-order valence-electron chi connectivity index (χ1n) is 7.26. The summed E-state index contributed by atoms with van der Waals surface area (Å²) in [5.41, 5.74) is 0.781. The van der Waals surface area contributed by atoms with Crippen LogP contribution in [0.2, 0.25) is 0 Å². The van der Waals surface area contributed by atoms with Gasteiger partial charge in [0.1, 0.15) is 5.75 Å². The lowest BCUT2D eigenvalue weighted by Gasteiger charge is -2.30. The first-order valence-corrected chi connectivity index (χ1v) is 8.70. The quantitative estimate of drug-likeness (QED) is 0.900. The average Bonchev–Trinajstić information content (AvgIpc) is 2.54. The molecule has 2 rings (SSSR count). The Kier molecular flexibility index (Phi) is 5.08. The molecule has 0 saturated carbocycles. The SMILES string of the molecule is CNC(=O)C1CCN(S(=O)(=O)c2ccc(OC)c(C)c2)CC1. The molecule has 1 amide bonds. The van der Waals surface area contributed by atoms with Crippen molar-refractivity contribution < 1.29 is 17.9 Å². The Morgan fingerprint density at radius 1 is 1.32 bits per heavy atom. The van der Waals surface area contributed by atoms with Gasteiger partial charge < -0.3 is 10.1 Å². The zero-order valence-electron chi connectivity index (χ0n) is 13.1. The minimum Gasteiger partial charge on any atom is -0.496 e. The highest BCUT2D eigenvalue weighted by Crippen LogP contribution is 2.27. The molecule has 0 unspecified atom stereocenters. The monoisotopic (exact) mass is 326 g/mol. The Morgan fingerprint density at radius 2 is 1.95 bits per heavy atom. The van der Waals surface area contributed by atoms with Crippen LogP contribution in [0, 0.1) is 12.8 Å². The van der Waals surface area contributed by atoms with Crippen LogP contribution in [0.5, 0.6) is 5.75 Å². The molecule has 1 heterocycles. The summed E-state index contributed by atoms with van der Waals surface area (Å²) in [5.74, 6) is 0.545. The number of nitrogens with one attached hydrogen (secondary N) is 1. The third-order valence-corrected chi connectivity index (χ3v) is 5.97. The summed E-state index contributed by atoms with van der Waals surface area (Å²) in [7, 11) is -0.361. The molecule has 0 atom stereocenters. The molecule has 1 aliphatic heterocycles. The summed E-state index contributed by atoms with van der Waals surface area (Å²) in [6, 6.07) is 4.85. The number of carbonyl (C=O) groups excluding carboxylic acids is 1. The molecule has 0 aromatic heterocycles. The summed E-state index contributed by atoms with van der Waals surface area (Å²) in [6.07, 6.45) is 1.10. The Balaban J connectivity index is 2.15. The first kappa shape index (κ1) is 16.8. The van der Waals surface area contributed by atoms with Crippen molar-refractivity contribution in [3.63, 3.8) is 0 Å². The van der Waals surface area contributed by atoms with E-state index in [1.807, 2.05) is 6.92 Å². The predicted octanol–water partition coefficient (Wildman–Crippen LogP) is 1.15. The minimum absolute atomic E-state index is 0.0164. The molecule has 22 heavy (non-hydrogen) atoms. The highest BCUT2D eigenvalue weighted by Gasteiger charge is 2.31. The fraction of sp³-hybridized carbons (Fsp3) is 0.533. The van der Waals surface area contributed by atoms with E-state index in [9.17, 15) is 13.2 Å². The third kappa shape index (κ3) is 3.25. The number of methoxy groups -OCH3 is 1. The molecule has 0 aliphatic carbocycles. The standard InChI is InChI=1S/C15H22N2O4S/c1-11-10-13(4-5-14(11)21-3)22(19,20)17-8-6-12(7-9-17)15(18)16-2/h4-5,10,12H,6-9H2,1-3H3,(H,16,18). The minimum atomic E-state index is -3.52. The summed E-state index contributed by atoms with van der Waals surface area (Å²) < 4.78 is 31.9. The van der Waals surface area contributed by atoms with Crippen molar-refractivity contribution >= 4 is 15.9 Å². The number of ether oxygens (including phenoxy) is 1. The van der Waals surface area contributed by atoms with Crippen LogP contribution in [0.3, 0.4) is 0 Å². The number of amides is 1. The van der Waals surface area contributed by atoms with E-state index in [4.69, 9.17) is 4.74 Å². The van der Waals surface area contributed by atoms with Gasteiger partial charge in [-0.1, -0.05) is 0 Å². The zero-order chi connectivity index (χ0) is 16.3. The van der Waals surface area contributed by atoms with Crippen LogP contribution in [-0.4, -0.2) is 45.9 Å². The molecule has 1 saturated heterocycles. The molecule has 1 aromatic rings. The van der Waals surface area contributed by atoms with E-state index >= 15 is 0 Å². The van der Waals surface area contributed by atoms with E-state index < -0.39 is 10.0 Å². The molecule has 122 valence electrons. The van der Waals surface area contributed by atoms with Crippen LogP contribution < -0.4 is 10.1 Å². The number of hydrogen-bond acceptors (Lipinski definition) is 4. The molecular formula is C15H22N2O4S. The molecule has 6 nitrogen and oxygen atoms in total. The number of aryl methyl sites for hydroxylation is 1. The Morgan fingerprint density at radius 3 is 2.45 bits per heavy atom. The maximum Gasteiger partial charge on any atom is 0.243 e. The summed E-state index contributed by atoms with van der Waals surface area (Å²) in [4.78, 5) is 11.9. The summed E-state index contributed by atoms with van der Waals surface area (Å²) in [6.45, 7) is 2.55. The molecule has 0 bridgehead atoms. The van der Waals surface area contributed by atoms with E-state index in [0.29, 0.717) is 31.7 Å². The van der Waals surface area contributed by atoms with Crippen LogP contribution in [0.15, 0.2) is 23.1 Å². The Bertz CT molecular complexity index is 650. The number of sulfonamides is 1. The largest absolute Gasteiger partial charge is 0.496 e. The van der Waals surface area contributed by atoms with Crippen LogP contribution in [0.4, 0.5) is 0 Å². The smallest absolute Gasteiger partial charge is 0.243 e. The van der Waals surface area contributed by atoms with Gasteiger partial charge >= 0.3 is 0 Å². The van der Waals surface area contributed by atoms with Crippen molar-refractivity contribution in [2.75, 3.05) is 27.2 Å². The number of piperidine rings is 1. The first-order chi connectivity index (χ1) is 10.4. The molecule has 0 radical (unpaired) electrons. The van der Waals surface area contributed by atoms with Crippen LogP contribution >= 0.6 is 0 Å². The van der Waals surface area contributed by atoms with Gasteiger partial charge in [-0.25, -0.2) is 8.42 Å². The molecule has 7 heteroatoms. The van der Waals surface area contributed by atoms with Crippen molar-refractivity contribution in [3.05, 3.63) is 23.8 Å². The molecule has 0 spiro atoms. The Hall–Kier alpha value is -1.60. The summed E-state index contributed by atoms with van der Waals surface area (Å²) >= 11 is 0. The maximum absolute atomic E-state index is 12.7. The molecule has 1 N–H and O–H groups in total. The fourth-order valence-corrected chi connectivity index (χ4v) is 4.28. The van der Waals surface area contributed by atoms with Gasteiger partial charge in [-0.05, 0) is 43.5 Å². The van der Waals surface area contributed by atoms with Crippen molar-refractivity contribution in [3.8, 4) is 5.75 Å². The van der Waals surface area contributed by atoms with Crippen molar-refractivity contribution in [1.82, 2.24) is 9.62 Å². The second-order valence-corrected chi connectivity index (χ2v) is 7.36. The van der Waals surface area contributed by atoms with E-state index in [0.717, 1.165) is 5.56 Å². The van der Waals surface area contributed by atoms with Gasteiger partial charge in [0.25, 0.3) is 0 Å². The maximum atomic E-state index is 12.7. The topological polar surface area (TPSA) is 75.7 Å². The van der Waals surface area contributed by atoms with Gasteiger partial charge in [0.2, 0.25) is 15.9 Å². The number of benzene rings is 1. The van der Waals surface area contributed by atoms with Gasteiger partial charge in [-0.2, -0.15) is 4.31 Å². The molecule has 1 aromatic carbocycles. The summed E-state index contributed by atoms with van der Waals surface area (Å²) in [5, 5.41) is 2.62. The lowest BCUT2D eigenvalue weighted by molar-refractivity contribution is -0.125. The van der Waals surface area contributed by atoms with Gasteiger partial charge in [-0.15, -0.1) is 0 Å². The second kappa shape index (κ2) is 6.66. The highest BCUT2D eigenvalue weighted by molar-refractivity contribution is 7.89. The van der Waals surface area contributed by atoms with E-state index in [-0.39, 0.29) is 16.7 Å². The van der Waals surface area contributed by atoms with Gasteiger partial charge in [0.05, 0.1) is 12.0 Å². The second-order valence-electron chi connectivity index (χ2n) is 5.42. The third-order valence-electron chi connectivity index (χ3n) is 4.08. The zero-order valence-corrected chi connectivity index (χ0v) is 13.9. The average molecular weight is 326 g/mol. The van der Waals surface area contributed by atoms with E-state index in [1.165, 1.54) is 4.31 Å². The van der Waals surface area contributed by atoms with Gasteiger partial charge in [-0.3, -0.25) is 4.79 Å². The highest BCUT2D eigenvalue weighted by atomic mass is 32.2. The van der Waals surface area contributed by atoms with Gasteiger partial charge in [0.15, 0.2) is 0 Å². The Labute approximate surface area is 131 Å². The van der Waals surface area contributed by atoms with Crippen LogP contribution in [0.25, 0.3) is 0 Å². The predicted molar refractivity (Wildman–Crippen MR) is 83.3 cm³/mol. The van der Waals surface area contributed by atoms with Crippen molar-refractivity contribution in [2.45, 2.75) is 24.7 Å². The number of hydrogen-bond donors (Lipinski definition) is 1. The lowest BCUT2D eigenvalue weighted by atomic mass is 9.97. The van der Waals surface area contributed by atoms with Crippen molar-refractivity contribution in [2.24, 2.45) is 5.92 Å². The van der Waals surface area contributed by atoms with Crippen LogP contribution in [-0.2, 0) is 14.8 Å². The molecule has 1 fully saturated rings. The fourth-order valence-electron chi connectivity index (χ4n) is 2.72. The van der Waals surface area contributed by atoms with E-state index in [2.05, 4.69) is 5.32 Å². The number of nitrogens with zero attached hydrogens (tertiary/aromatic N) is 1. The van der Waals surface area contributed by atoms with Crippen molar-refractivity contribution in [1.29, 1.82) is 0 Å². The molecule has 1 aliphatic rings. The normalized spacial score (nSPS) is 17.2. The van der Waals surface area contributed by atoms with Crippen LogP contribution in [0.1, 0.15) is 18.4 Å². The van der Waals surface area contributed by atoms with Gasteiger partial charge in [0, 0.05) is 26.1 Å². The lowest BCUT2D eigenvalue weighted by Crippen LogP contribution is -2.42. The molecular weight excluding hydrogens is 304 g/mol. The number of rotatable bonds is 4.